The molecule has 0 aromatic heterocycles. The van der Waals surface area contributed by atoms with Crippen molar-refractivity contribution in [3.63, 3.8) is 0 Å². The zero-order chi connectivity index (χ0) is 23.5. The van der Waals surface area contributed by atoms with E-state index in [0.717, 1.165) is 6.07 Å². The minimum absolute atomic E-state index is 0.144. The summed E-state index contributed by atoms with van der Waals surface area (Å²) in [6.07, 6.45) is -4.65. The van der Waals surface area contributed by atoms with E-state index in [1.54, 1.807) is 0 Å². The van der Waals surface area contributed by atoms with E-state index in [0.29, 0.717) is 11.1 Å². The quantitative estimate of drug-likeness (QED) is 0.403. The standard InChI is InChI=1S/C22H12Cl2F4N2O2/c23-15-6-4-12(10-29)8-14(15)13-5-7-18(19(9-13)32-11-22(26,27)28)30-21(31)20-16(24)2-1-3-17(20)25/h1-9H,11H2,(H,30,31). The van der Waals surface area contributed by atoms with Crippen LogP contribution in [0, 0.1) is 17.1 Å². The van der Waals surface area contributed by atoms with Crippen LogP contribution in [0.4, 0.5) is 23.2 Å². The van der Waals surface area contributed by atoms with Crippen LogP contribution >= 0.6 is 23.2 Å². The van der Waals surface area contributed by atoms with Crippen molar-refractivity contribution in [2.45, 2.75) is 6.18 Å². The lowest BCUT2D eigenvalue weighted by Crippen LogP contribution is -2.21. The second kappa shape index (κ2) is 9.47. The monoisotopic (exact) mass is 482 g/mol. The molecule has 0 unspecified atom stereocenters. The van der Waals surface area contributed by atoms with Crippen molar-refractivity contribution in [3.8, 4) is 22.9 Å². The third kappa shape index (κ3) is 5.49. The average molecular weight is 483 g/mol. The van der Waals surface area contributed by atoms with E-state index in [4.69, 9.17) is 33.2 Å². The van der Waals surface area contributed by atoms with Gasteiger partial charge in [0.15, 0.2) is 6.61 Å². The molecule has 3 aromatic carbocycles. The molecule has 0 saturated heterocycles. The Labute approximate surface area is 189 Å². The van der Waals surface area contributed by atoms with Gasteiger partial charge in [-0.1, -0.05) is 35.3 Å². The summed E-state index contributed by atoms with van der Waals surface area (Å²) in [7, 11) is 0. The molecule has 3 rings (SSSR count). The first-order valence-corrected chi connectivity index (χ1v) is 9.63. The smallest absolute Gasteiger partial charge is 0.422 e. The van der Waals surface area contributed by atoms with Crippen molar-refractivity contribution in [1.29, 1.82) is 5.26 Å². The van der Waals surface area contributed by atoms with E-state index in [1.165, 1.54) is 48.5 Å². The molecule has 0 radical (unpaired) electrons. The van der Waals surface area contributed by atoms with Crippen LogP contribution in [0.25, 0.3) is 11.1 Å². The second-order valence-corrected chi connectivity index (χ2v) is 7.29. The number of anilines is 1. The molecule has 0 aliphatic heterocycles. The Morgan fingerprint density at radius 2 is 1.81 bits per heavy atom. The van der Waals surface area contributed by atoms with E-state index in [9.17, 15) is 22.4 Å². The molecule has 10 heteroatoms. The number of alkyl halides is 3. The van der Waals surface area contributed by atoms with Gasteiger partial charge in [-0.05, 0) is 48.0 Å². The fourth-order valence-corrected chi connectivity index (χ4v) is 3.26. The molecule has 164 valence electrons. The number of amides is 1. The molecule has 0 aliphatic rings. The summed E-state index contributed by atoms with van der Waals surface area (Å²) >= 11 is 12.1. The van der Waals surface area contributed by atoms with Gasteiger partial charge in [0.25, 0.3) is 5.91 Å². The number of nitrogens with zero attached hydrogens (tertiary/aromatic N) is 1. The Balaban J connectivity index is 2.02. The predicted molar refractivity (Wildman–Crippen MR) is 113 cm³/mol. The van der Waals surface area contributed by atoms with Crippen LogP contribution < -0.4 is 10.1 Å². The number of carbonyl (C=O) groups is 1. The number of ether oxygens (including phenoxy) is 1. The van der Waals surface area contributed by atoms with Crippen molar-refractivity contribution in [1.82, 2.24) is 0 Å². The Morgan fingerprint density at radius 1 is 1.06 bits per heavy atom. The van der Waals surface area contributed by atoms with Gasteiger partial charge in [0, 0.05) is 10.6 Å². The molecular formula is C22H12Cl2F4N2O2. The third-order valence-electron chi connectivity index (χ3n) is 4.22. The number of rotatable bonds is 5. The topological polar surface area (TPSA) is 62.1 Å². The molecule has 32 heavy (non-hydrogen) atoms. The maximum atomic E-state index is 14.0. The molecule has 4 nitrogen and oxygen atoms in total. The highest BCUT2D eigenvalue weighted by atomic mass is 35.5. The van der Waals surface area contributed by atoms with Crippen molar-refractivity contribution < 1.29 is 27.1 Å². The zero-order valence-corrected chi connectivity index (χ0v) is 17.4. The number of hydrogen-bond donors (Lipinski definition) is 1. The summed E-state index contributed by atoms with van der Waals surface area (Å²) in [4.78, 5) is 12.5. The average Bonchev–Trinajstić information content (AvgIpc) is 2.73. The lowest BCUT2D eigenvalue weighted by molar-refractivity contribution is -0.153. The Kier molecular flexibility index (Phi) is 6.92. The van der Waals surface area contributed by atoms with E-state index in [1.807, 2.05) is 6.07 Å². The van der Waals surface area contributed by atoms with Gasteiger partial charge >= 0.3 is 6.18 Å². The zero-order valence-electron chi connectivity index (χ0n) is 15.9. The number of halogens is 6. The van der Waals surface area contributed by atoms with Crippen molar-refractivity contribution in [2.75, 3.05) is 11.9 Å². The highest BCUT2D eigenvalue weighted by molar-refractivity contribution is 6.34. The molecule has 1 amide bonds. The summed E-state index contributed by atoms with van der Waals surface area (Å²) in [5.74, 6) is -2.20. The highest BCUT2D eigenvalue weighted by Gasteiger charge is 2.29. The molecular weight excluding hydrogens is 471 g/mol. The van der Waals surface area contributed by atoms with E-state index < -0.39 is 30.1 Å². The molecule has 3 aromatic rings. The number of carbonyl (C=O) groups excluding carboxylic acids is 1. The number of nitrogens with one attached hydrogen (secondary N) is 1. The van der Waals surface area contributed by atoms with Crippen LogP contribution in [0.5, 0.6) is 5.75 Å². The van der Waals surface area contributed by atoms with Crippen LogP contribution in [0.2, 0.25) is 10.0 Å². The normalized spacial score (nSPS) is 11.0. The number of hydrogen-bond acceptors (Lipinski definition) is 3. The summed E-state index contributed by atoms with van der Waals surface area (Å²) in [5, 5.41) is 11.5. The van der Waals surface area contributed by atoms with Crippen molar-refractivity contribution in [3.05, 3.63) is 81.6 Å². The van der Waals surface area contributed by atoms with Crippen LogP contribution in [-0.4, -0.2) is 18.7 Å². The second-order valence-electron chi connectivity index (χ2n) is 6.47. The van der Waals surface area contributed by atoms with Crippen LogP contribution in [0.15, 0.2) is 54.6 Å². The predicted octanol–water partition coefficient (Wildman–Crippen LogP) is 6.86. The molecule has 1 N–H and O–H groups in total. The lowest BCUT2D eigenvalue weighted by atomic mass is 10.0. The fraction of sp³-hybridized carbons (Fsp3) is 0.0909. The fourth-order valence-electron chi connectivity index (χ4n) is 2.79. The van der Waals surface area contributed by atoms with Gasteiger partial charge in [-0.3, -0.25) is 4.79 Å². The van der Waals surface area contributed by atoms with Crippen LogP contribution in [0.1, 0.15) is 15.9 Å². The van der Waals surface area contributed by atoms with E-state index in [-0.39, 0.29) is 27.0 Å². The minimum Gasteiger partial charge on any atom is -0.482 e. The van der Waals surface area contributed by atoms with Gasteiger partial charge in [-0.25, -0.2) is 4.39 Å². The Morgan fingerprint density at radius 3 is 2.47 bits per heavy atom. The SMILES string of the molecule is N#Cc1ccc(Cl)c(-c2ccc(NC(=O)c3c(F)cccc3Cl)c(OCC(F)(F)F)c2)c1. The van der Waals surface area contributed by atoms with Gasteiger partial charge < -0.3 is 10.1 Å². The Bertz CT molecular complexity index is 1200. The third-order valence-corrected chi connectivity index (χ3v) is 4.86. The molecule has 0 saturated carbocycles. The summed E-state index contributed by atoms with van der Waals surface area (Å²) in [6, 6.07) is 14.0. The highest BCUT2D eigenvalue weighted by Crippen LogP contribution is 2.36. The maximum Gasteiger partial charge on any atom is 0.422 e. The minimum atomic E-state index is -4.65. The largest absolute Gasteiger partial charge is 0.482 e. The van der Waals surface area contributed by atoms with Gasteiger partial charge in [0.05, 0.1) is 27.9 Å². The van der Waals surface area contributed by atoms with E-state index >= 15 is 0 Å². The molecule has 0 aliphatic carbocycles. The van der Waals surface area contributed by atoms with E-state index in [2.05, 4.69) is 5.32 Å². The van der Waals surface area contributed by atoms with Crippen LogP contribution in [-0.2, 0) is 0 Å². The molecule has 0 spiro atoms. The Hall–Kier alpha value is -3.28. The summed E-state index contributed by atoms with van der Waals surface area (Å²) < 4.78 is 57.2. The summed E-state index contributed by atoms with van der Waals surface area (Å²) in [6.45, 7) is -1.63. The first-order valence-electron chi connectivity index (χ1n) is 8.88. The maximum absolute atomic E-state index is 14.0. The lowest BCUT2D eigenvalue weighted by Gasteiger charge is -2.16. The number of nitriles is 1. The van der Waals surface area contributed by atoms with Gasteiger partial charge in [-0.2, -0.15) is 18.4 Å². The van der Waals surface area contributed by atoms with Crippen molar-refractivity contribution in [2.24, 2.45) is 0 Å². The van der Waals surface area contributed by atoms with Gasteiger partial charge in [0.1, 0.15) is 11.6 Å². The molecule has 0 bridgehead atoms. The van der Waals surface area contributed by atoms with Gasteiger partial charge in [-0.15, -0.1) is 0 Å². The summed E-state index contributed by atoms with van der Waals surface area (Å²) in [5.41, 5.74) is 0.386. The van der Waals surface area contributed by atoms with Crippen molar-refractivity contribution >= 4 is 34.8 Å². The first-order chi connectivity index (χ1) is 15.1. The van der Waals surface area contributed by atoms with Crippen LogP contribution in [0.3, 0.4) is 0 Å². The molecule has 0 heterocycles. The molecule has 0 fully saturated rings. The first kappa shape index (κ1) is 23.4. The van der Waals surface area contributed by atoms with Gasteiger partial charge in [0.2, 0.25) is 0 Å². The number of benzene rings is 3. The molecule has 0 atom stereocenters.